The fourth-order valence-corrected chi connectivity index (χ4v) is 4.14. The predicted octanol–water partition coefficient (Wildman–Crippen LogP) is 3.79. The first-order valence-corrected chi connectivity index (χ1v) is 10.4. The van der Waals surface area contributed by atoms with Crippen LogP contribution >= 0.6 is 11.3 Å². The molecule has 0 fully saturated rings. The molecule has 8 nitrogen and oxygen atoms in total. The summed E-state index contributed by atoms with van der Waals surface area (Å²) < 4.78 is 17.5. The van der Waals surface area contributed by atoms with Crippen molar-refractivity contribution in [3.05, 3.63) is 70.0 Å². The molecule has 2 N–H and O–H groups in total. The highest BCUT2D eigenvalue weighted by Crippen LogP contribution is 2.38. The summed E-state index contributed by atoms with van der Waals surface area (Å²) in [5, 5.41) is 20.4. The molecule has 0 aliphatic rings. The van der Waals surface area contributed by atoms with Gasteiger partial charge in [0, 0.05) is 6.07 Å². The molecule has 0 aliphatic heterocycles. The molecule has 31 heavy (non-hydrogen) atoms. The number of hydrogen-bond donors (Lipinski definition) is 2. The van der Waals surface area contributed by atoms with Crippen LogP contribution in [-0.2, 0) is 16.1 Å². The van der Waals surface area contributed by atoms with Gasteiger partial charge in [0.2, 0.25) is 11.2 Å². The van der Waals surface area contributed by atoms with Crippen LogP contribution in [-0.4, -0.2) is 27.8 Å². The molecule has 0 amide bonds. The highest BCUT2D eigenvalue weighted by molar-refractivity contribution is 7.21. The number of carbonyl (C=O) groups is 1. The minimum atomic E-state index is -0.929. The third kappa shape index (κ3) is 4.23. The molecule has 3 heterocycles. The number of aromatic hydroxyl groups is 1. The molecule has 0 spiro atoms. The SMILES string of the molecule is CCOC(=O)C[C@H](c1ccc(-c2nc3ccccc3s2)o1)c1oc(CO)cc(=O)c1O. The highest BCUT2D eigenvalue weighted by atomic mass is 32.1. The van der Waals surface area contributed by atoms with E-state index in [1.165, 1.54) is 11.3 Å². The molecule has 0 bridgehead atoms. The summed E-state index contributed by atoms with van der Waals surface area (Å²) >= 11 is 1.45. The molecule has 0 saturated carbocycles. The number of aromatic nitrogens is 1. The van der Waals surface area contributed by atoms with E-state index in [9.17, 15) is 19.8 Å². The number of ether oxygens (including phenoxy) is 1. The maximum Gasteiger partial charge on any atom is 0.306 e. The fourth-order valence-electron chi connectivity index (χ4n) is 3.21. The minimum absolute atomic E-state index is 0.0374. The molecule has 4 aromatic rings. The van der Waals surface area contributed by atoms with Crippen LogP contribution in [0.15, 0.2) is 56.1 Å². The summed E-state index contributed by atoms with van der Waals surface area (Å²) in [6, 6.07) is 12.0. The van der Waals surface area contributed by atoms with Crippen LogP contribution in [0.1, 0.15) is 36.5 Å². The molecule has 1 atom stereocenters. The van der Waals surface area contributed by atoms with E-state index in [1.54, 1.807) is 19.1 Å². The monoisotopic (exact) mass is 441 g/mol. The molecule has 4 rings (SSSR count). The van der Waals surface area contributed by atoms with Crippen molar-refractivity contribution >= 4 is 27.5 Å². The van der Waals surface area contributed by atoms with Crippen molar-refractivity contribution in [1.82, 2.24) is 4.98 Å². The molecule has 160 valence electrons. The van der Waals surface area contributed by atoms with Gasteiger partial charge in [0.1, 0.15) is 18.1 Å². The normalized spacial score (nSPS) is 12.2. The number of benzene rings is 1. The average Bonchev–Trinajstić information content (AvgIpc) is 3.41. The van der Waals surface area contributed by atoms with E-state index in [1.807, 2.05) is 24.3 Å². The molecule has 0 radical (unpaired) electrons. The van der Waals surface area contributed by atoms with Gasteiger partial charge in [-0.3, -0.25) is 9.59 Å². The second kappa shape index (κ2) is 8.75. The summed E-state index contributed by atoms with van der Waals surface area (Å²) in [6.45, 7) is 1.31. The Labute approximate surface area is 180 Å². The Morgan fingerprint density at radius 2 is 2.03 bits per heavy atom. The Morgan fingerprint density at radius 3 is 2.77 bits per heavy atom. The summed E-state index contributed by atoms with van der Waals surface area (Å²) in [5.41, 5.74) is 0.111. The van der Waals surface area contributed by atoms with E-state index in [2.05, 4.69) is 4.98 Å². The molecule has 0 saturated heterocycles. The van der Waals surface area contributed by atoms with Gasteiger partial charge in [-0.25, -0.2) is 4.98 Å². The standard InChI is InChI=1S/C22H19NO7S/c1-2-28-19(26)10-13(21-20(27)15(25)9-12(11-24)29-21)16-7-8-17(30-16)22-23-14-5-3-4-6-18(14)31-22/h3-9,13,24,27H,2,10-11H2,1H3/t13-/m1/s1. The lowest BCUT2D eigenvalue weighted by atomic mass is 9.98. The number of nitrogens with zero attached hydrogens (tertiary/aromatic N) is 1. The Morgan fingerprint density at radius 1 is 1.23 bits per heavy atom. The van der Waals surface area contributed by atoms with Gasteiger partial charge in [0.05, 0.1) is 29.2 Å². The Bertz CT molecular complexity index is 1250. The molecule has 3 aromatic heterocycles. The second-order valence-corrected chi connectivity index (χ2v) is 7.73. The van der Waals surface area contributed by atoms with Gasteiger partial charge in [0.25, 0.3) is 0 Å². The summed E-state index contributed by atoms with van der Waals surface area (Å²) in [6.07, 6.45) is -0.230. The van der Waals surface area contributed by atoms with Crippen molar-refractivity contribution in [2.45, 2.75) is 25.9 Å². The molecule has 1 aromatic carbocycles. The number of hydrogen-bond acceptors (Lipinski definition) is 9. The maximum absolute atomic E-state index is 12.2. The smallest absolute Gasteiger partial charge is 0.306 e. The van der Waals surface area contributed by atoms with Gasteiger partial charge in [0.15, 0.2) is 16.5 Å². The number of aliphatic hydroxyl groups is 1. The van der Waals surface area contributed by atoms with Gasteiger partial charge in [-0.05, 0) is 31.2 Å². The summed E-state index contributed by atoms with van der Waals surface area (Å²) in [4.78, 5) is 28.9. The first-order valence-electron chi connectivity index (χ1n) is 9.58. The van der Waals surface area contributed by atoms with Gasteiger partial charge >= 0.3 is 5.97 Å². The topological polar surface area (TPSA) is 123 Å². The summed E-state index contributed by atoms with van der Waals surface area (Å²) in [7, 11) is 0. The van der Waals surface area contributed by atoms with Crippen LogP contribution in [0, 0.1) is 0 Å². The zero-order valence-corrected chi connectivity index (χ0v) is 17.3. The average molecular weight is 441 g/mol. The van der Waals surface area contributed by atoms with Gasteiger partial charge in [-0.1, -0.05) is 12.1 Å². The van der Waals surface area contributed by atoms with Crippen LogP contribution in [0.5, 0.6) is 5.75 Å². The van der Waals surface area contributed by atoms with Crippen LogP contribution in [0.3, 0.4) is 0 Å². The zero-order chi connectivity index (χ0) is 22.0. The van der Waals surface area contributed by atoms with Crippen LogP contribution in [0.2, 0.25) is 0 Å². The number of fused-ring (bicyclic) bond motifs is 1. The third-order valence-electron chi connectivity index (χ3n) is 4.62. The van der Waals surface area contributed by atoms with E-state index in [0.717, 1.165) is 16.3 Å². The van der Waals surface area contributed by atoms with Crippen molar-refractivity contribution in [2.24, 2.45) is 0 Å². The molecular weight excluding hydrogens is 422 g/mol. The molecule has 0 aliphatic carbocycles. The van der Waals surface area contributed by atoms with Crippen molar-refractivity contribution in [1.29, 1.82) is 0 Å². The van der Waals surface area contributed by atoms with E-state index in [0.29, 0.717) is 10.8 Å². The van der Waals surface area contributed by atoms with Crippen LogP contribution in [0.4, 0.5) is 0 Å². The van der Waals surface area contributed by atoms with Gasteiger partial charge in [-0.15, -0.1) is 11.3 Å². The first kappa shape index (κ1) is 20.8. The molecule has 9 heteroatoms. The van der Waals surface area contributed by atoms with E-state index >= 15 is 0 Å². The third-order valence-corrected chi connectivity index (χ3v) is 5.67. The Balaban J connectivity index is 1.77. The number of furan rings is 1. The lowest BCUT2D eigenvalue weighted by molar-refractivity contribution is -0.143. The van der Waals surface area contributed by atoms with Gasteiger partial charge in [-0.2, -0.15) is 0 Å². The highest BCUT2D eigenvalue weighted by Gasteiger charge is 2.29. The number of carbonyl (C=O) groups excluding carboxylic acids is 1. The van der Waals surface area contributed by atoms with E-state index < -0.39 is 29.7 Å². The summed E-state index contributed by atoms with van der Waals surface area (Å²) in [5.74, 6) is -1.58. The number of esters is 1. The quantitative estimate of drug-likeness (QED) is 0.415. The molecule has 0 unspecified atom stereocenters. The second-order valence-electron chi connectivity index (χ2n) is 6.70. The predicted molar refractivity (Wildman–Crippen MR) is 113 cm³/mol. The number of para-hydroxylation sites is 1. The van der Waals surface area contributed by atoms with Crippen LogP contribution < -0.4 is 5.43 Å². The first-order chi connectivity index (χ1) is 15.0. The van der Waals surface area contributed by atoms with Crippen molar-refractivity contribution in [3.8, 4) is 16.5 Å². The largest absolute Gasteiger partial charge is 0.502 e. The lowest BCUT2D eigenvalue weighted by Crippen LogP contribution is -2.14. The van der Waals surface area contributed by atoms with Crippen LogP contribution in [0.25, 0.3) is 21.0 Å². The van der Waals surface area contributed by atoms with Crippen molar-refractivity contribution in [2.75, 3.05) is 6.61 Å². The number of thiazole rings is 1. The van der Waals surface area contributed by atoms with Gasteiger partial charge < -0.3 is 23.8 Å². The number of aliphatic hydroxyl groups excluding tert-OH is 1. The number of rotatable bonds is 7. The van der Waals surface area contributed by atoms with E-state index in [4.69, 9.17) is 13.6 Å². The Kier molecular flexibility index (Phi) is 5.88. The lowest BCUT2D eigenvalue weighted by Gasteiger charge is -2.15. The molecular formula is C22H19NO7S. The maximum atomic E-state index is 12.2. The van der Waals surface area contributed by atoms with Crippen molar-refractivity contribution < 1.29 is 28.6 Å². The van der Waals surface area contributed by atoms with Crippen molar-refractivity contribution in [3.63, 3.8) is 0 Å². The fraction of sp³-hybridized carbons (Fsp3) is 0.227. The van der Waals surface area contributed by atoms with E-state index in [-0.39, 0.29) is 30.3 Å². The zero-order valence-electron chi connectivity index (χ0n) is 16.5. The minimum Gasteiger partial charge on any atom is -0.502 e. The Hall–Kier alpha value is -3.43.